The molecular formula is C11H17ClN2O2. The minimum atomic E-state index is -0.0261. The maximum absolute atomic E-state index is 6.11. The van der Waals surface area contributed by atoms with Gasteiger partial charge in [0, 0.05) is 11.3 Å². The predicted octanol–water partition coefficient (Wildman–Crippen LogP) is 2.61. The summed E-state index contributed by atoms with van der Waals surface area (Å²) in [4.78, 5) is 8.59. The SMILES string of the molecule is CCC(c1nc(OC)cc(OC)n1)C(C)Cl. The van der Waals surface area contributed by atoms with Crippen molar-refractivity contribution in [3.05, 3.63) is 11.9 Å². The lowest BCUT2D eigenvalue weighted by Crippen LogP contribution is -2.13. The molecule has 0 saturated carbocycles. The molecule has 0 aliphatic heterocycles. The highest BCUT2D eigenvalue weighted by Crippen LogP contribution is 2.27. The van der Waals surface area contributed by atoms with E-state index in [0.717, 1.165) is 6.42 Å². The number of methoxy groups -OCH3 is 2. The van der Waals surface area contributed by atoms with Crippen LogP contribution in [-0.2, 0) is 0 Å². The van der Waals surface area contributed by atoms with Gasteiger partial charge in [0.05, 0.1) is 20.3 Å². The standard InChI is InChI=1S/C11H17ClN2O2/c1-5-8(7(2)12)11-13-9(15-3)6-10(14-11)16-4/h6-8H,5H2,1-4H3. The van der Waals surface area contributed by atoms with Gasteiger partial charge in [0.2, 0.25) is 11.8 Å². The van der Waals surface area contributed by atoms with E-state index in [0.29, 0.717) is 17.6 Å². The smallest absolute Gasteiger partial charge is 0.220 e. The van der Waals surface area contributed by atoms with Crippen molar-refractivity contribution in [2.24, 2.45) is 0 Å². The first-order chi connectivity index (χ1) is 7.62. The molecule has 4 nitrogen and oxygen atoms in total. The van der Waals surface area contributed by atoms with Gasteiger partial charge in [-0.15, -0.1) is 11.6 Å². The highest BCUT2D eigenvalue weighted by Gasteiger charge is 2.20. The van der Waals surface area contributed by atoms with Crippen LogP contribution >= 0.6 is 11.6 Å². The van der Waals surface area contributed by atoms with E-state index in [2.05, 4.69) is 16.9 Å². The van der Waals surface area contributed by atoms with Gasteiger partial charge in [-0.05, 0) is 13.3 Å². The molecule has 1 aromatic rings. The van der Waals surface area contributed by atoms with Crippen molar-refractivity contribution in [3.63, 3.8) is 0 Å². The summed E-state index contributed by atoms with van der Waals surface area (Å²) in [6.45, 7) is 3.99. The molecule has 0 N–H and O–H groups in total. The predicted molar refractivity (Wildman–Crippen MR) is 63.5 cm³/mol. The molecule has 1 aromatic heterocycles. The van der Waals surface area contributed by atoms with Gasteiger partial charge in [-0.1, -0.05) is 6.92 Å². The first-order valence-corrected chi connectivity index (χ1v) is 5.67. The van der Waals surface area contributed by atoms with E-state index in [1.165, 1.54) is 0 Å². The molecule has 0 spiro atoms. The Morgan fingerprint density at radius 2 is 1.75 bits per heavy atom. The van der Waals surface area contributed by atoms with E-state index in [9.17, 15) is 0 Å². The number of aromatic nitrogens is 2. The number of halogens is 1. The second-order valence-electron chi connectivity index (χ2n) is 3.50. The average Bonchev–Trinajstić information content (AvgIpc) is 2.29. The Balaban J connectivity index is 3.10. The molecular weight excluding hydrogens is 228 g/mol. The van der Waals surface area contributed by atoms with Gasteiger partial charge < -0.3 is 9.47 Å². The molecule has 1 rings (SSSR count). The van der Waals surface area contributed by atoms with E-state index in [1.807, 2.05) is 6.92 Å². The number of hydrogen-bond donors (Lipinski definition) is 0. The zero-order valence-electron chi connectivity index (χ0n) is 10.0. The maximum atomic E-state index is 6.11. The van der Waals surface area contributed by atoms with Crippen LogP contribution in [0.15, 0.2) is 6.07 Å². The van der Waals surface area contributed by atoms with E-state index in [-0.39, 0.29) is 11.3 Å². The van der Waals surface area contributed by atoms with Gasteiger partial charge in [-0.3, -0.25) is 0 Å². The third-order valence-electron chi connectivity index (χ3n) is 2.44. The molecule has 0 aromatic carbocycles. The van der Waals surface area contributed by atoms with E-state index >= 15 is 0 Å². The Hall–Kier alpha value is -1.03. The fourth-order valence-corrected chi connectivity index (χ4v) is 1.80. The first kappa shape index (κ1) is 13.0. The highest BCUT2D eigenvalue weighted by atomic mass is 35.5. The summed E-state index contributed by atoms with van der Waals surface area (Å²) in [5.74, 6) is 1.77. The zero-order valence-corrected chi connectivity index (χ0v) is 10.8. The Bertz CT molecular complexity index is 323. The van der Waals surface area contributed by atoms with Gasteiger partial charge in [-0.2, -0.15) is 9.97 Å². The molecule has 0 aliphatic rings. The molecule has 0 aliphatic carbocycles. The molecule has 16 heavy (non-hydrogen) atoms. The summed E-state index contributed by atoms with van der Waals surface area (Å²) >= 11 is 6.11. The summed E-state index contributed by atoms with van der Waals surface area (Å²) in [5.41, 5.74) is 0. The van der Waals surface area contributed by atoms with Crippen molar-refractivity contribution in [1.82, 2.24) is 9.97 Å². The third-order valence-corrected chi connectivity index (χ3v) is 2.74. The molecule has 0 fully saturated rings. The topological polar surface area (TPSA) is 44.2 Å². The number of nitrogens with zero attached hydrogens (tertiary/aromatic N) is 2. The minimum Gasteiger partial charge on any atom is -0.481 e. The number of ether oxygens (including phenoxy) is 2. The summed E-state index contributed by atoms with van der Waals surface area (Å²) in [5, 5.41) is -0.0261. The van der Waals surface area contributed by atoms with Gasteiger partial charge in [0.15, 0.2) is 0 Å². The lowest BCUT2D eigenvalue weighted by atomic mass is 10.0. The van der Waals surface area contributed by atoms with Crippen LogP contribution < -0.4 is 9.47 Å². The number of alkyl halides is 1. The molecule has 0 saturated heterocycles. The van der Waals surface area contributed by atoms with E-state index in [4.69, 9.17) is 21.1 Å². The maximum Gasteiger partial charge on any atom is 0.220 e. The number of hydrogen-bond acceptors (Lipinski definition) is 4. The lowest BCUT2D eigenvalue weighted by molar-refractivity contribution is 0.364. The van der Waals surface area contributed by atoms with Crippen LogP contribution in [0.25, 0.3) is 0 Å². The first-order valence-electron chi connectivity index (χ1n) is 5.23. The van der Waals surface area contributed by atoms with Crippen molar-refractivity contribution in [1.29, 1.82) is 0 Å². The fourth-order valence-electron chi connectivity index (χ4n) is 1.51. The van der Waals surface area contributed by atoms with Crippen LogP contribution in [0.5, 0.6) is 11.8 Å². The van der Waals surface area contributed by atoms with Gasteiger partial charge in [0.25, 0.3) is 0 Å². The van der Waals surface area contributed by atoms with Crippen molar-refractivity contribution >= 4 is 11.6 Å². The molecule has 0 amide bonds. The molecule has 90 valence electrons. The van der Waals surface area contributed by atoms with Crippen molar-refractivity contribution in [2.45, 2.75) is 31.6 Å². The lowest BCUT2D eigenvalue weighted by Gasteiger charge is -2.16. The summed E-state index contributed by atoms with van der Waals surface area (Å²) in [6, 6.07) is 1.65. The Kier molecular flexibility index (Phi) is 4.80. The van der Waals surface area contributed by atoms with Crippen molar-refractivity contribution < 1.29 is 9.47 Å². The highest BCUT2D eigenvalue weighted by molar-refractivity contribution is 6.20. The second kappa shape index (κ2) is 5.89. The molecule has 0 radical (unpaired) electrons. The average molecular weight is 245 g/mol. The van der Waals surface area contributed by atoms with Crippen LogP contribution in [-0.4, -0.2) is 29.6 Å². The van der Waals surface area contributed by atoms with Crippen molar-refractivity contribution in [2.75, 3.05) is 14.2 Å². The van der Waals surface area contributed by atoms with Crippen LogP contribution in [0.3, 0.4) is 0 Å². The largest absolute Gasteiger partial charge is 0.481 e. The molecule has 2 atom stereocenters. The normalized spacial score (nSPS) is 14.3. The Morgan fingerprint density at radius 1 is 1.25 bits per heavy atom. The molecule has 2 unspecified atom stereocenters. The molecule has 1 heterocycles. The Morgan fingerprint density at radius 3 is 2.06 bits per heavy atom. The molecule has 5 heteroatoms. The summed E-state index contributed by atoms with van der Waals surface area (Å²) in [6.07, 6.45) is 0.876. The summed E-state index contributed by atoms with van der Waals surface area (Å²) < 4.78 is 10.2. The zero-order chi connectivity index (χ0) is 12.1. The summed E-state index contributed by atoms with van der Waals surface area (Å²) in [7, 11) is 3.13. The minimum absolute atomic E-state index is 0.0261. The third kappa shape index (κ3) is 2.98. The van der Waals surface area contributed by atoms with Crippen LogP contribution in [0.1, 0.15) is 32.0 Å². The molecule has 0 bridgehead atoms. The van der Waals surface area contributed by atoms with E-state index in [1.54, 1.807) is 20.3 Å². The van der Waals surface area contributed by atoms with Crippen LogP contribution in [0, 0.1) is 0 Å². The number of rotatable bonds is 5. The quantitative estimate of drug-likeness (QED) is 0.747. The van der Waals surface area contributed by atoms with Gasteiger partial charge in [-0.25, -0.2) is 0 Å². The van der Waals surface area contributed by atoms with Crippen LogP contribution in [0.2, 0.25) is 0 Å². The van der Waals surface area contributed by atoms with Crippen molar-refractivity contribution in [3.8, 4) is 11.8 Å². The second-order valence-corrected chi connectivity index (χ2v) is 4.19. The van der Waals surface area contributed by atoms with Crippen LogP contribution in [0.4, 0.5) is 0 Å². The van der Waals surface area contributed by atoms with Gasteiger partial charge in [0.1, 0.15) is 5.82 Å². The Labute approximate surface area is 101 Å². The van der Waals surface area contributed by atoms with Gasteiger partial charge >= 0.3 is 0 Å². The monoisotopic (exact) mass is 244 g/mol. The van der Waals surface area contributed by atoms with E-state index < -0.39 is 0 Å². The fraction of sp³-hybridized carbons (Fsp3) is 0.636.